The Morgan fingerprint density at radius 1 is 1.28 bits per heavy atom. The number of hydrogen-bond acceptors (Lipinski definition) is 4. The number of rotatable bonds is 7. The van der Waals surface area contributed by atoms with Crippen LogP contribution in [0.5, 0.6) is 5.75 Å². The average molecular weight is 477 g/mol. The molecule has 0 aromatic heterocycles. The summed E-state index contributed by atoms with van der Waals surface area (Å²) in [7, 11) is -4.03. The average Bonchev–Trinajstić information content (AvgIpc) is 3.22. The molecular formula is C19H27Cl2NaO6S. The number of carbonyl (C=O) groups excluding carboxylic acids is 1. The zero-order valence-corrected chi connectivity index (χ0v) is 21.1. The molecular weight excluding hydrogens is 450 g/mol. The van der Waals surface area contributed by atoms with Crippen molar-refractivity contribution in [2.75, 3.05) is 12.4 Å². The summed E-state index contributed by atoms with van der Waals surface area (Å²) in [5.41, 5.74) is 0.962. The number of ketones is 1. The molecule has 2 aliphatic rings. The Labute approximate surface area is 205 Å². The van der Waals surface area contributed by atoms with E-state index in [0.29, 0.717) is 23.7 Å². The van der Waals surface area contributed by atoms with E-state index in [2.05, 4.69) is 6.92 Å². The molecule has 0 aliphatic heterocycles. The van der Waals surface area contributed by atoms with E-state index in [1.807, 2.05) is 0 Å². The maximum Gasteiger partial charge on any atom is 1.00 e. The standard InChI is InChI=1S/C19H24Cl2O5S.Na.H2O.H/c1-2-19(13-6-3-4-7-13)11-12-10-14(26-8-5-9-27(23,24)25)16(20)17(21)15(12)18(19)22;;;/h10,13H,2-9,11H2,1H3,(H,23,24,25);;1H2;/q;+1;;-1. The molecule has 3 rings (SSSR count). The van der Waals surface area contributed by atoms with Gasteiger partial charge in [-0.3, -0.25) is 9.35 Å². The minimum absolute atomic E-state index is 0. The van der Waals surface area contributed by atoms with Gasteiger partial charge in [-0.05, 0) is 49.7 Å². The van der Waals surface area contributed by atoms with Crippen molar-refractivity contribution in [3.05, 3.63) is 27.2 Å². The smallest absolute Gasteiger partial charge is 1.00 e. The van der Waals surface area contributed by atoms with Gasteiger partial charge in [-0.15, -0.1) is 0 Å². The molecule has 0 amide bonds. The molecule has 0 bridgehead atoms. The predicted octanol–water partition coefficient (Wildman–Crippen LogP) is 1.27. The molecule has 0 heterocycles. The van der Waals surface area contributed by atoms with Crippen LogP contribution in [0.25, 0.3) is 0 Å². The fourth-order valence-electron chi connectivity index (χ4n) is 4.62. The molecule has 0 spiro atoms. The maximum absolute atomic E-state index is 13.3. The van der Waals surface area contributed by atoms with Crippen molar-refractivity contribution >= 4 is 39.1 Å². The number of benzene rings is 1. The largest absolute Gasteiger partial charge is 1.00 e. The maximum atomic E-state index is 13.3. The van der Waals surface area contributed by atoms with E-state index in [1.165, 1.54) is 0 Å². The number of Topliss-reactive ketones (excluding diaryl/α,β-unsaturated/α-hetero) is 1. The van der Waals surface area contributed by atoms with Gasteiger partial charge >= 0.3 is 29.6 Å². The molecule has 1 atom stereocenters. The molecule has 1 fully saturated rings. The van der Waals surface area contributed by atoms with Gasteiger partial charge in [0.05, 0.1) is 17.4 Å². The second-order valence-corrected chi connectivity index (χ2v) is 9.85. The quantitative estimate of drug-likeness (QED) is 0.361. The molecule has 10 heteroatoms. The second kappa shape index (κ2) is 10.6. The summed E-state index contributed by atoms with van der Waals surface area (Å²) in [5, 5.41) is 0.395. The zero-order chi connectivity index (χ0) is 19.8. The third-order valence-electron chi connectivity index (χ3n) is 6.01. The van der Waals surface area contributed by atoms with Crippen LogP contribution in [0.3, 0.4) is 0 Å². The number of ether oxygens (including phenoxy) is 1. The molecule has 3 N–H and O–H groups in total. The van der Waals surface area contributed by atoms with Gasteiger partial charge < -0.3 is 11.6 Å². The Morgan fingerprint density at radius 3 is 2.45 bits per heavy atom. The summed E-state index contributed by atoms with van der Waals surface area (Å²) in [6, 6.07) is 1.77. The monoisotopic (exact) mass is 476 g/mol. The van der Waals surface area contributed by atoms with E-state index in [9.17, 15) is 13.2 Å². The summed E-state index contributed by atoms with van der Waals surface area (Å²) in [5.74, 6) is 0.428. The Bertz CT molecular complexity index is 861. The molecule has 1 saturated carbocycles. The van der Waals surface area contributed by atoms with E-state index in [4.69, 9.17) is 32.5 Å². The summed E-state index contributed by atoms with van der Waals surface area (Å²) in [6.07, 6.45) is 5.99. The Balaban J connectivity index is 0.00000280. The molecule has 6 nitrogen and oxygen atoms in total. The van der Waals surface area contributed by atoms with Gasteiger partial charge in [0, 0.05) is 11.0 Å². The summed E-state index contributed by atoms with van der Waals surface area (Å²) in [6.45, 7) is 2.13. The van der Waals surface area contributed by atoms with E-state index in [0.717, 1.165) is 37.7 Å². The van der Waals surface area contributed by atoms with Crippen LogP contribution < -0.4 is 34.3 Å². The fourth-order valence-corrected chi connectivity index (χ4v) is 5.60. The van der Waals surface area contributed by atoms with Gasteiger partial charge in [0.2, 0.25) is 0 Å². The van der Waals surface area contributed by atoms with Crippen LogP contribution in [0.2, 0.25) is 10.0 Å². The Morgan fingerprint density at radius 2 is 1.90 bits per heavy atom. The summed E-state index contributed by atoms with van der Waals surface area (Å²) >= 11 is 12.8. The van der Waals surface area contributed by atoms with E-state index >= 15 is 0 Å². The zero-order valence-electron chi connectivity index (χ0n) is 17.8. The molecule has 0 radical (unpaired) electrons. The van der Waals surface area contributed by atoms with Crippen molar-refractivity contribution in [2.45, 2.75) is 51.9 Å². The number of carbonyl (C=O) groups is 1. The van der Waals surface area contributed by atoms with Gasteiger partial charge in [-0.1, -0.05) is 43.0 Å². The van der Waals surface area contributed by atoms with E-state index < -0.39 is 15.5 Å². The summed E-state index contributed by atoms with van der Waals surface area (Å²) in [4.78, 5) is 13.3. The number of hydrogen-bond donors (Lipinski definition) is 1. The molecule has 160 valence electrons. The molecule has 1 aromatic rings. The van der Waals surface area contributed by atoms with Gasteiger partial charge in [-0.2, -0.15) is 8.42 Å². The van der Waals surface area contributed by atoms with E-state index in [-0.39, 0.29) is 71.1 Å². The van der Waals surface area contributed by atoms with Gasteiger partial charge in [0.25, 0.3) is 10.1 Å². The Hall–Kier alpha value is 0.140. The molecule has 0 saturated heterocycles. The third-order valence-corrected chi connectivity index (χ3v) is 7.67. The van der Waals surface area contributed by atoms with Crippen molar-refractivity contribution in [3.63, 3.8) is 0 Å². The predicted molar refractivity (Wildman–Crippen MR) is 110 cm³/mol. The van der Waals surface area contributed by atoms with Gasteiger partial charge in [0.15, 0.2) is 5.78 Å². The van der Waals surface area contributed by atoms with Crippen LogP contribution in [0.1, 0.15) is 62.8 Å². The van der Waals surface area contributed by atoms with Crippen molar-refractivity contribution in [2.24, 2.45) is 11.3 Å². The van der Waals surface area contributed by atoms with Gasteiger partial charge in [-0.25, -0.2) is 0 Å². The third kappa shape index (κ3) is 5.50. The van der Waals surface area contributed by atoms with Gasteiger partial charge in [0.1, 0.15) is 10.8 Å². The van der Waals surface area contributed by atoms with Crippen molar-refractivity contribution in [3.8, 4) is 5.75 Å². The minimum Gasteiger partial charge on any atom is -1.00 e. The first kappa shape index (κ1) is 27.2. The summed E-state index contributed by atoms with van der Waals surface area (Å²) < 4.78 is 36.0. The molecule has 29 heavy (non-hydrogen) atoms. The normalized spacial score (nSPS) is 21.4. The van der Waals surface area contributed by atoms with Crippen LogP contribution in [0.15, 0.2) is 6.07 Å². The first-order valence-electron chi connectivity index (χ1n) is 9.33. The van der Waals surface area contributed by atoms with Crippen LogP contribution in [0, 0.1) is 11.3 Å². The second-order valence-electron chi connectivity index (χ2n) is 7.52. The SMILES string of the molecule is CCC1(C2CCCC2)Cc2cc(OCCCS(=O)(=O)O)c(Cl)c(Cl)c2C1=O.O.[H-].[Na+]. The van der Waals surface area contributed by atoms with Crippen molar-refractivity contribution < 1.29 is 59.0 Å². The van der Waals surface area contributed by atoms with Crippen molar-refractivity contribution in [1.82, 2.24) is 0 Å². The first-order chi connectivity index (χ1) is 12.7. The molecule has 2 aliphatic carbocycles. The van der Waals surface area contributed by atoms with Crippen LogP contribution >= 0.6 is 23.2 Å². The van der Waals surface area contributed by atoms with E-state index in [1.54, 1.807) is 6.07 Å². The Kier molecular flexibility index (Phi) is 9.97. The number of fused-ring (bicyclic) bond motifs is 1. The first-order valence-corrected chi connectivity index (χ1v) is 11.7. The minimum atomic E-state index is -4.03. The molecule has 1 unspecified atom stereocenters. The topological polar surface area (TPSA) is 112 Å². The van der Waals surface area contributed by atoms with Crippen LogP contribution in [0.4, 0.5) is 0 Å². The van der Waals surface area contributed by atoms with Crippen LogP contribution in [-0.4, -0.2) is 36.6 Å². The number of halogens is 2. The van der Waals surface area contributed by atoms with Crippen molar-refractivity contribution in [1.29, 1.82) is 0 Å². The fraction of sp³-hybridized carbons (Fsp3) is 0.632. The van der Waals surface area contributed by atoms with Crippen LogP contribution in [-0.2, 0) is 16.5 Å². The molecule has 1 aromatic carbocycles.